The van der Waals surface area contributed by atoms with Crippen LogP contribution in [0.15, 0.2) is 24.3 Å². The summed E-state index contributed by atoms with van der Waals surface area (Å²) in [4.78, 5) is 22.4. The van der Waals surface area contributed by atoms with Crippen LogP contribution in [-0.4, -0.2) is 28.5 Å². The monoisotopic (exact) mass is 331 g/mol. The van der Waals surface area contributed by atoms with Gasteiger partial charge in [-0.3, -0.25) is 4.79 Å². The molecule has 1 aliphatic rings. The SMILES string of the molecule is Cc1nc(N)nc(N[C@H]2CC(=O)N(c3cccc(Cl)c3)C2)c1C. The first-order valence-corrected chi connectivity index (χ1v) is 7.75. The highest BCUT2D eigenvalue weighted by atomic mass is 35.5. The molecule has 23 heavy (non-hydrogen) atoms. The normalized spacial score (nSPS) is 17.6. The fourth-order valence-corrected chi connectivity index (χ4v) is 2.87. The van der Waals surface area contributed by atoms with E-state index in [1.54, 1.807) is 17.0 Å². The molecule has 1 amide bonds. The van der Waals surface area contributed by atoms with Gasteiger partial charge in [0, 0.05) is 34.9 Å². The zero-order valence-corrected chi connectivity index (χ0v) is 13.8. The molecule has 3 rings (SSSR count). The largest absolute Gasteiger partial charge is 0.368 e. The summed E-state index contributed by atoms with van der Waals surface area (Å²) in [5.41, 5.74) is 8.29. The fourth-order valence-electron chi connectivity index (χ4n) is 2.68. The van der Waals surface area contributed by atoms with Gasteiger partial charge in [-0.25, -0.2) is 4.98 Å². The molecule has 0 bridgehead atoms. The van der Waals surface area contributed by atoms with E-state index in [0.717, 1.165) is 16.9 Å². The predicted octanol–water partition coefficient (Wildman–Crippen LogP) is 2.55. The van der Waals surface area contributed by atoms with Crippen LogP contribution in [0.2, 0.25) is 5.02 Å². The Hall–Kier alpha value is -2.34. The molecule has 1 aliphatic heterocycles. The molecule has 3 N–H and O–H groups in total. The minimum Gasteiger partial charge on any atom is -0.368 e. The first kappa shape index (κ1) is 15.6. The number of nitrogens with zero attached hydrogens (tertiary/aromatic N) is 3. The number of rotatable bonds is 3. The number of hydrogen-bond acceptors (Lipinski definition) is 5. The van der Waals surface area contributed by atoms with Gasteiger partial charge in [0.25, 0.3) is 0 Å². The molecule has 6 nitrogen and oxygen atoms in total. The number of benzene rings is 1. The third-order valence-corrected chi connectivity index (χ3v) is 4.23. The smallest absolute Gasteiger partial charge is 0.229 e. The van der Waals surface area contributed by atoms with E-state index in [2.05, 4.69) is 15.3 Å². The molecule has 1 atom stereocenters. The van der Waals surface area contributed by atoms with Crippen molar-refractivity contribution < 1.29 is 4.79 Å². The number of nitrogens with one attached hydrogen (secondary N) is 1. The van der Waals surface area contributed by atoms with Gasteiger partial charge in [-0.15, -0.1) is 0 Å². The van der Waals surface area contributed by atoms with Gasteiger partial charge < -0.3 is 16.0 Å². The lowest BCUT2D eigenvalue weighted by Gasteiger charge is -2.18. The lowest BCUT2D eigenvalue weighted by Crippen LogP contribution is -2.28. The molecule has 0 saturated carbocycles. The number of amides is 1. The molecule has 1 saturated heterocycles. The van der Waals surface area contributed by atoms with Crippen LogP contribution in [-0.2, 0) is 4.79 Å². The van der Waals surface area contributed by atoms with Crippen LogP contribution in [0.25, 0.3) is 0 Å². The zero-order chi connectivity index (χ0) is 16.6. The number of aryl methyl sites for hydroxylation is 1. The molecule has 1 aromatic heterocycles. The average molecular weight is 332 g/mol. The van der Waals surface area contributed by atoms with Crippen LogP contribution in [0.5, 0.6) is 0 Å². The first-order chi connectivity index (χ1) is 10.9. The summed E-state index contributed by atoms with van der Waals surface area (Å²) in [5.74, 6) is 0.966. The lowest BCUT2D eigenvalue weighted by atomic mass is 10.2. The Bertz CT molecular complexity index is 764. The van der Waals surface area contributed by atoms with E-state index in [-0.39, 0.29) is 17.9 Å². The predicted molar refractivity (Wildman–Crippen MR) is 91.8 cm³/mol. The Kier molecular flexibility index (Phi) is 4.09. The highest BCUT2D eigenvalue weighted by Crippen LogP contribution is 2.26. The molecule has 120 valence electrons. The zero-order valence-electron chi connectivity index (χ0n) is 13.0. The summed E-state index contributed by atoms with van der Waals surface area (Å²) in [7, 11) is 0. The lowest BCUT2D eigenvalue weighted by molar-refractivity contribution is -0.117. The molecule has 1 fully saturated rings. The summed E-state index contributed by atoms with van der Waals surface area (Å²) in [5, 5.41) is 3.92. The van der Waals surface area contributed by atoms with Crippen LogP contribution in [0.4, 0.5) is 17.5 Å². The molecule has 2 heterocycles. The van der Waals surface area contributed by atoms with Crippen molar-refractivity contribution in [3.05, 3.63) is 40.5 Å². The first-order valence-electron chi connectivity index (χ1n) is 7.37. The van der Waals surface area contributed by atoms with Crippen molar-refractivity contribution in [1.29, 1.82) is 0 Å². The van der Waals surface area contributed by atoms with Crippen molar-refractivity contribution in [1.82, 2.24) is 9.97 Å². The summed E-state index contributed by atoms with van der Waals surface area (Å²) in [6.07, 6.45) is 0.398. The Morgan fingerprint density at radius 3 is 2.87 bits per heavy atom. The van der Waals surface area contributed by atoms with Gasteiger partial charge >= 0.3 is 0 Å². The van der Waals surface area contributed by atoms with Gasteiger partial charge in [0.2, 0.25) is 11.9 Å². The fraction of sp³-hybridized carbons (Fsp3) is 0.312. The summed E-state index contributed by atoms with van der Waals surface area (Å²) < 4.78 is 0. The topological polar surface area (TPSA) is 84.1 Å². The molecule has 0 spiro atoms. The third-order valence-electron chi connectivity index (χ3n) is 3.99. The van der Waals surface area contributed by atoms with Gasteiger partial charge in [0.05, 0.1) is 6.04 Å². The van der Waals surface area contributed by atoms with Crippen LogP contribution < -0.4 is 16.0 Å². The van der Waals surface area contributed by atoms with Gasteiger partial charge in [-0.2, -0.15) is 4.98 Å². The number of carbonyl (C=O) groups excluding carboxylic acids is 1. The van der Waals surface area contributed by atoms with Crippen LogP contribution >= 0.6 is 11.6 Å². The molecule has 1 aromatic carbocycles. The molecule has 2 aromatic rings. The molecule has 0 unspecified atom stereocenters. The van der Waals surface area contributed by atoms with E-state index < -0.39 is 0 Å². The second kappa shape index (κ2) is 6.04. The Morgan fingerprint density at radius 1 is 1.35 bits per heavy atom. The number of anilines is 3. The van der Waals surface area contributed by atoms with Crippen molar-refractivity contribution in [2.24, 2.45) is 0 Å². The maximum atomic E-state index is 12.3. The minimum absolute atomic E-state index is 0.0334. The van der Waals surface area contributed by atoms with Crippen molar-refractivity contribution in [2.45, 2.75) is 26.3 Å². The molecule has 0 radical (unpaired) electrons. The van der Waals surface area contributed by atoms with E-state index in [9.17, 15) is 4.79 Å². The average Bonchev–Trinajstić information content (AvgIpc) is 2.85. The molecule has 7 heteroatoms. The highest BCUT2D eigenvalue weighted by Gasteiger charge is 2.31. The van der Waals surface area contributed by atoms with Gasteiger partial charge in [0.1, 0.15) is 5.82 Å². The van der Waals surface area contributed by atoms with Gasteiger partial charge in [0.15, 0.2) is 0 Å². The summed E-state index contributed by atoms with van der Waals surface area (Å²) in [6, 6.07) is 7.26. The number of halogens is 1. The van der Waals surface area contributed by atoms with Gasteiger partial charge in [-0.1, -0.05) is 17.7 Å². The number of carbonyl (C=O) groups is 1. The number of nitrogen functional groups attached to an aromatic ring is 1. The standard InChI is InChI=1S/C16H18ClN5O/c1-9-10(2)19-16(18)21-15(9)20-12-7-14(23)22(8-12)13-5-3-4-11(17)6-13/h3-6,12H,7-8H2,1-2H3,(H3,18,19,20,21)/t12-/m0/s1. The second-order valence-corrected chi connectivity index (χ2v) is 6.11. The van der Waals surface area contributed by atoms with Crippen molar-refractivity contribution in [2.75, 3.05) is 22.5 Å². The Morgan fingerprint density at radius 2 is 2.13 bits per heavy atom. The van der Waals surface area contributed by atoms with E-state index in [1.165, 1.54) is 0 Å². The van der Waals surface area contributed by atoms with Crippen LogP contribution in [0.3, 0.4) is 0 Å². The van der Waals surface area contributed by atoms with Crippen LogP contribution in [0, 0.1) is 13.8 Å². The Labute approximate surface area is 139 Å². The maximum Gasteiger partial charge on any atom is 0.229 e. The van der Waals surface area contributed by atoms with Crippen molar-refractivity contribution in [3.8, 4) is 0 Å². The summed E-state index contributed by atoms with van der Waals surface area (Å²) in [6.45, 7) is 4.38. The molecular formula is C16H18ClN5O. The molecule has 0 aliphatic carbocycles. The quantitative estimate of drug-likeness (QED) is 0.903. The van der Waals surface area contributed by atoms with Crippen molar-refractivity contribution >= 4 is 35.0 Å². The highest BCUT2D eigenvalue weighted by molar-refractivity contribution is 6.30. The number of aromatic nitrogens is 2. The summed E-state index contributed by atoms with van der Waals surface area (Å²) >= 11 is 6.01. The van der Waals surface area contributed by atoms with E-state index in [1.807, 2.05) is 26.0 Å². The van der Waals surface area contributed by atoms with E-state index >= 15 is 0 Å². The minimum atomic E-state index is -0.0334. The molecular weight excluding hydrogens is 314 g/mol. The van der Waals surface area contributed by atoms with E-state index in [0.29, 0.717) is 23.8 Å². The number of nitrogens with two attached hydrogens (primary N) is 1. The van der Waals surface area contributed by atoms with Crippen molar-refractivity contribution in [3.63, 3.8) is 0 Å². The maximum absolute atomic E-state index is 12.3. The third kappa shape index (κ3) is 3.22. The number of hydrogen-bond donors (Lipinski definition) is 2. The second-order valence-electron chi connectivity index (χ2n) is 5.67. The van der Waals surface area contributed by atoms with Gasteiger partial charge in [-0.05, 0) is 32.0 Å². The Balaban J connectivity index is 1.78. The van der Waals surface area contributed by atoms with Crippen LogP contribution in [0.1, 0.15) is 17.7 Å². The van der Waals surface area contributed by atoms with E-state index in [4.69, 9.17) is 17.3 Å².